The van der Waals surface area contributed by atoms with Gasteiger partial charge in [0.05, 0.1) is 0 Å². The van der Waals surface area contributed by atoms with Crippen molar-refractivity contribution >= 4 is 0 Å². The summed E-state index contributed by atoms with van der Waals surface area (Å²) in [5.74, 6) is 3.96. The zero-order chi connectivity index (χ0) is 18.3. The van der Waals surface area contributed by atoms with Crippen LogP contribution < -0.4 is 0 Å². The zero-order valence-electron chi connectivity index (χ0n) is 17.8. The van der Waals surface area contributed by atoms with Crippen molar-refractivity contribution in [3.8, 4) is 0 Å². The number of likely N-dealkylation sites (tertiary alicyclic amines) is 1. The first-order valence-corrected chi connectivity index (χ1v) is 11.4. The van der Waals surface area contributed by atoms with E-state index in [2.05, 4.69) is 50.9 Å². The standard InChI is InChI=1S/C24H40N2/c1-16-20-8-9-22-19-7-6-17-14-18(25(3)4)10-12-23(17,2)21(19)11-13-24(20,22)15-26(16)5/h6,16,18-22H,7-15H2,1-5H3/t16-,18+,19-,20+,21+,22-,23-,24-/m1/s1. The van der Waals surface area contributed by atoms with Crippen LogP contribution in [0.2, 0.25) is 0 Å². The highest BCUT2D eigenvalue weighted by molar-refractivity contribution is 5.26. The second-order valence-electron chi connectivity index (χ2n) is 11.2. The fourth-order valence-corrected chi connectivity index (χ4v) is 8.88. The molecule has 2 nitrogen and oxygen atoms in total. The van der Waals surface area contributed by atoms with E-state index >= 15 is 0 Å². The van der Waals surface area contributed by atoms with Crippen LogP contribution in [0.3, 0.4) is 0 Å². The number of hydrogen-bond donors (Lipinski definition) is 0. The molecule has 4 fully saturated rings. The Kier molecular flexibility index (Phi) is 3.98. The van der Waals surface area contributed by atoms with E-state index in [4.69, 9.17) is 0 Å². The van der Waals surface area contributed by atoms with Crippen molar-refractivity contribution in [2.45, 2.75) is 77.3 Å². The number of fused-ring (bicyclic) bond motifs is 4. The molecule has 1 saturated heterocycles. The minimum atomic E-state index is 0.519. The van der Waals surface area contributed by atoms with Gasteiger partial charge in [0.15, 0.2) is 0 Å². The summed E-state index contributed by atoms with van der Waals surface area (Å²) in [6, 6.07) is 1.60. The Morgan fingerprint density at radius 2 is 1.81 bits per heavy atom. The summed E-state index contributed by atoms with van der Waals surface area (Å²) >= 11 is 0. The van der Waals surface area contributed by atoms with Gasteiger partial charge >= 0.3 is 0 Å². The Labute approximate surface area is 161 Å². The van der Waals surface area contributed by atoms with Gasteiger partial charge in [0, 0.05) is 18.6 Å². The summed E-state index contributed by atoms with van der Waals surface area (Å²) in [6.07, 6.45) is 14.4. The lowest BCUT2D eigenvalue weighted by molar-refractivity contribution is -0.0430. The van der Waals surface area contributed by atoms with Crippen molar-refractivity contribution in [3.63, 3.8) is 0 Å². The van der Waals surface area contributed by atoms with Crippen LogP contribution in [0.5, 0.6) is 0 Å². The van der Waals surface area contributed by atoms with Crippen LogP contribution in [0.15, 0.2) is 11.6 Å². The van der Waals surface area contributed by atoms with Gasteiger partial charge in [-0.1, -0.05) is 18.6 Å². The van der Waals surface area contributed by atoms with E-state index in [1.165, 1.54) is 57.9 Å². The molecule has 0 radical (unpaired) electrons. The van der Waals surface area contributed by atoms with Crippen molar-refractivity contribution in [1.82, 2.24) is 9.80 Å². The van der Waals surface area contributed by atoms with Gasteiger partial charge < -0.3 is 9.80 Å². The molecule has 0 bridgehead atoms. The average Bonchev–Trinajstić information content (AvgIpc) is 3.08. The van der Waals surface area contributed by atoms with Gasteiger partial charge in [-0.05, 0) is 114 Å². The molecule has 5 rings (SSSR count). The first-order valence-electron chi connectivity index (χ1n) is 11.4. The predicted molar refractivity (Wildman–Crippen MR) is 109 cm³/mol. The Morgan fingerprint density at radius 3 is 2.58 bits per heavy atom. The topological polar surface area (TPSA) is 6.48 Å². The highest BCUT2D eigenvalue weighted by Gasteiger charge is 2.63. The minimum absolute atomic E-state index is 0.519. The van der Waals surface area contributed by atoms with E-state index in [0.29, 0.717) is 10.8 Å². The van der Waals surface area contributed by atoms with Gasteiger partial charge in [0.2, 0.25) is 0 Å². The maximum absolute atomic E-state index is 2.74. The van der Waals surface area contributed by atoms with E-state index in [0.717, 1.165) is 35.8 Å². The third kappa shape index (κ3) is 2.18. The van der Waals surface area contributed by atoms with Crippen molar-refractivity contribution in [2.24, 2.45) is 34.5 Å². The minimum Gasteiger partial charge on any atom is -0.306 e. The van der Waals surface area contributed by atoms with Crippen LogP contribution in [0.4, 0.5) is 0 Å². The summed E-state index contributed by atoms with van der Waals surface area (Å²) in [6.45, 7) is 6.56. The molecule has 26 heavy (non-hydrogen) atoms. The number of hydrogen-bond acceptors (Lipinski definition) is 2. The molecule has 3 saturated carbocycles. The summed E-state index contributed by atoms with van der Waals surface area (Å²) in [5, 5.41) is 0. The normalized spacial score (nSPS) is 53.7. The molecule has 0 aromatic heterocycles. The maximum Gasteiger partial charge on any atom is 0.0127 e. The molecule has 146 valence electrons. The fraction of sp³-hybridized carbons (Fsp3) is 0.917. The SMILES string of the molecule is C[C@@H]1[C@@H]2CC[C@@H]3[C@@H]4CC=C5C[C@@H](N(C)C)CC[C@@]5(C)[C@H]4CC[C@]32CN1C. The molecule has 0 aromatic carbocycles. The van der Waals surface area contributed by atoms with Gasteiger partial charge in [-0.15, -0.1) is 0 Å². The molecule has 0 unspecified atom stereocenters. The highest BCUT2D eigenvalue weighted by Crippen LogP contribution is 2.68. The first-order chi connectivity index (χ1) is 12.4. The maximum atomic E-state index is 2.74. The van der Waals surface area contributed by atoms with Crippen LogP contribution in [0, 0.1) is 34.5 Å². The molecule has 5 aliphatic rings. The second kappa shape index (κ2) is 5.83. The molecule has 0 amide bonds. The molecule has 1 heterocycles. The molecule has 8 atom stereocenters. The molecule has 4 aliphatic carbocycles. The molecular weight excluding hydrogens is 316 g/mol. The lowest BCUT2D eigenvalue weighted by atomic mass is 9.47. The fourth-order valence-electron chi connectivity index (χ4n) is 8.88. The average molecular weight is 357 g/mol. The third-order valence-corrected chi connectivity index (χ3v) is 10.4. The predicted octanol–water partition coefficient (Wildman–Crippen LogP) is 4.81. The Morgan fingerprint density at radius 1 is 1.04 bits per heavy atom. The summed E-state index contributed by atoms with van der Waals surface area (Å²) in [5.41, 5.74) is 3.04. The number of nitrogens with zero attached hydrogens (tertiary/aromatic N) is 2. The second-order valence-corrected chi connectivity index (χ2v) is 11.2. The largest absolute Gasteiger partial charge is 0.306 e. The Hall–Kier alpha value is -0.340. The van der Waals surface area contributed by atoms with Crippen LogP contribution in [-0.2, 0) is 0 Å². The lowest BCUT2D eigenvalue weighted by Gasteiger charge is -2.58. The third-order valence-electron chi connectivity index (χ3n) is 10.4. The molecule has 1 spiro atoms. The van der Waals surface area contributed by atoms with Crippen LogP contribution in [0.25, 0.3) is 0 Å². The molecule has 0 N–H and O–H groups in total. The smallest absolute Gasteiger partial charge is 0.0127 e. The van der Waals surface area contributed by atoms with Crippen molar-refractivity contribution < 1.29 is 0 Å². The Balaban J connectivity index is 1.45. The van der Waals surface area contributed by atoms with Gasteiger partial charge in [-0.2, -0.15) is 0 Å². The van der Waals surface area contributed by atoms with E-state index in [-0.39, 0.29) is 0 Å². The first kappa shape index (κ1) is 17.7. The zero-order valence-corrected chi connectivity index (χ0v) is 17.8. The summed E-state index contributed by atoms with van der Waals surface area (Å²) < 4.78 is 0. The quantitative estimate of drug-likeness (QED) is 0.622. The van der Waals surface area contributed by atoms with Gasteiger partial charge in [-0.25, -0.2) is 0 Å². The molecule has 0 aromatic rings. The van der Waals surface area contributed by atoms with Crippen molar-refractivity contribution in [2.75, 3.05) is 27.7 Å². The molecule has 1 aliphatic heterocycles. The number of rotatable bonds is 1. The summed E-state index contributed by atoms with van der Waals surface area (Å²) in [7, 11) is 6.95. The van der Waals surface area contributed by atoms with E-state index < -0.39 is 0 Å². The van der Waals surface area contributed by atoms with Gasteiger partial charge in [0.25, 0.3) is 0 Å². The highest BCUT2D eigenvalue weighted by atomic mass is 15.2. The van der Waals surface area contributed by atoms with E-state index in [9.17, 15) is 0 Å². The molecular formula is C24H40N2. The van der Waals surface area contributed by atoms with Gasteiger partial charge in [0.1, 0.15) is 0 Å². The summed E-state index contributed by atoms with van der Waals surface area (Å²) in [4.78, 5) is 5.17. The van der Waals surface area contributed by atoms with E-state index in [1.807, 2.05) is 5.57 Å². The van der Waals surface area contributed by atoms with Gasteiger partial charge in [-0.3, -0.25) is 0 Å². The van der Waals surface area contributed by atoms with Crippen LogP contribution >= 0.6 is 0 Å². The Bertz CT molecular complexity index is 609. The van der Waals surface area contributed by atoms with Crippen LogP contribution in [-0.4, -0.2) is 49.6 Å². The lowest BCUT2D eigenvalue weighted by Crippen LogP contribution is -2.52. The number of allylic oxidation sites excluding steroid dienone is 1. The van der Waals surface area contributed by atoms with Crippen molar-refractivity contribution in [3.05, 3.63) is 11.6 Å². The van der Waals surface area contributed by atoms with Crippen molar-refractivity contribution in [1.29, 1.82) is 0 Å². The monoisotopic (exact) mass is 356 g/mol. The molecule has 2 heteroatoms. The van der Waals surface area contributed by atoms with Crippen LogP contribution in [0.1, 0.15) is 65.2 Å². The van der Waals surface area contributed by atoms with E-state index in [1.54, 1.807) is 0 Å².